The van der Waals surface area contributed by atoms with Crippen molar-refractivity contribution < 1.29 is 14.7 Å². The van der Waals surface area contributed by atoms with E-state index in [-0.39, 0.29) is 37.7 Å². The molecule has 1 aliphatic heterocycles. The number of hydrogen-bond acceptors (Lipinski definition) is 6. The molecule has 27 heavy (non-hydrogen) atoms. The molecule has 0 aromatic carbocycles. The van der Waals surface area contributed by atoms with Crippen molar-refractivity contribution in [2.75, 3.05) is 13.1 Å². The molecular weight excluding hydrogens is 350 g/mol. The highest BCUT2D eigenvalue weighted by Gasteiger charge is 2.35. The van der Waals surface area contributed by atoms with Crippen molar-refractivity contribution in [3.63, 3.8) is 0 Å². The number of aromatic amines is 1. The van der Waals surface area contributed by atoms with Crippen LogP contribution in [0, 0.1) is 0 Å². The Kier molecular flexibility index (Phi) is 4.55. The van der Waals surface area contributed by atoms with Crippen LogP contribution in [0.5, 0.6) is 0 Å². The van der Waals surface area contributed by atoms with Crippen LogP contribution in [-0.2, 0) is 22.4 Å². The van der Waals surface area contributed by atoms with Gasteiger partial charge in [0.25, 0.3) is 0 Å². The first-order valence-corrected chi connectivity index (χ1v) is 8.61. The van der Waals surface area contributed by atoms with Crippen LogP contribution in [0.2, 0.25) is 0 Å². The lowest BCUT2D eigenvalue weighted by Gasteiger charge is -2.16. The molecule has 3 aromatic heterocycles. The molecule has 0 bridgehead atoms. The van der Waals surface area contributed by atoms with Gasteiger partial charge < -0.3 is 15.3 Å². The van der Waals surface area contributed by atoms with E-state index in [2.05, 4.69) is 25.6 Å². The van der Waals surface area contributed by atoms with E-state index >= 15 is 0 Å². The number of nitrogens with one attached hydrogen (secondary N) is 2. The first kappa shape index (κ1) is 17.2. The van der Waals surface area contributed by atoms with E-state index in [1.54, 1.807) is 15.6 Å². The minimum absolute atomic E-state index is 0.0412. The van der Waals surface area contributed by atoms with Crippen molar-refractivity contribution in [2.45, 2.75) is 25.0 Å². The lowest BCUT2D eigenvalue weighted by molar-refractivity contribution is -0.130. The number of carbonyl (C=O) groups excluding carboxylic acids is 2. The summed E-state index contributed by atoms with van der Waals surface area (Å²) < 4.78 is 1.72. The molecule has 0 aliphatic carbocycles. The molecule has 2 amide bonds. The van der Waals surface area contributed by atoms with Gasteiger partial charge in [-0.1, -0.05) is 6.07 Å². The third kappa shape index (κ3) is 3.65. The number of amides is 2. The SMILES string of the molecule is O=C(Cc1ncn[nH]1)N[C@@H]1CN(C(=O)Cc2cnn3ccccc23)C[C@H]1O. The largest absolute Gasteiger partial charge is 0.389 e. The number of nitrogens with zero attached hydrogens (tertiary/aromatic N) is 5. The van der Waals surface area contributed by atoms with Crippen LogP contribution in [0.25, 0.3) is 5.52 Å². The van der Waals surface area contributed by atoms with Gasteiger partial charge in [-0.3, -0.25) is 14.7 Å². The maximum atomic E-state index is 12.6. The molecule has 0 saturated carbocycles. The van der Waals surface area contributed by atoms with Crippen molar-refractivity contribution in [2.24, 2.45) is 0 Å². The Labute approximate surface area is 154 Å². The van der Waals surface area contributed by atoms with E-state index in [0.29, 0.717) is 5.82 Å². The Bertz CT molecular complexity index is 953. The summed E-state index contributed by atoms with van der Waals surface area (Å²) in [5.74, 6) is 0.0496. The number of rotatable bonds is 5. The molecular formula is C17H19N7O3. The van der Waals surface area contributed by atoms with Gasteiger partial charge in [-0.25, -0.2) is 9.50 Å². The Morgan fingerprint density at radius 2 is 2.19 bits per heavy atom. The molecule has 0 unspecified atom stereocenters. The van der Waals surface area contributed by atoms with Crippen LogP contribution >= 0.6 is 0 Å². The predicted octanol–water partition coefficient (Wildman–Crippen LogP) is -1.07. The molecule has 10 nitrogen and oxygen atoms in total. The molecule has 4 rings (SSSR count). The predicted molar refractivity (Wildman–Crippen MR) is 93.5 cm³/mol. The summed E-state index contributed by atoms with van der Waals surface area (Å²) in [6.07, 6.45) is 4.25. The number of H-pyrrole nitrogens is 1. The van der Waals surface area contributed by atoms with E-state index < -0.39 is 12.1 Å². The Morgan fingerprint density at radius 1 is 1.30 bits per heavy atom. The van der Waals surface area contributed by atoms with Gasteiger partial charge in [-0.05, 0) is 12.1 Å². The van der Waals surface area contributed by atoms with Crippen molar-refractivity contribution in [1.82, 2.24) is 35.0 Å². The van der Waals surface area contributed by atoms with Crippen LogP contribution in [0.4, 0.5) is 0 Å². The Morgan fingerprint density at radius 3 is 3.00 bits per heavy atom. The average Bonchev–Trinajstić information content (AvgIpc) is 3.37. The summed E-state index contributed by atoms with van der Waals surface area (Å²) in [6, 6.07) is 5.16. The third-order valence-corrected chi connectivity index (χ3v) is 4.63. The van der Waals surface area contributed by atoms with Crippen LogP contribution < -0.4 is 5.32 Å². The molecule has 10 heteroatoms. The van der Waals surface area contributed by atoms with Gasteiger partial charge in [0, 0.05) is 24.8 Å². The smallest absolute Gasteiger partial charge is 0.228 e. The normalized spacial score (nSPS) is 19.5. The number of carbonyl (C=O) groups is 2. The number of β-amino-alcohol motifs (C(OH)–C–C–N with tert-alkyl or cyclic N) is 1. The molecule has 2 atom stereocenters. The Hall–Kier alpha value is -3.27. The fourth-order valence-electron chi connectivity index (χ4n) is 3.26. The van der Waals surface area contributed by atoms with Gasteiger partial charge in [-0.2, -0.15) is 10.2 Å². The second-order valence-electron chi connectivity index (χ2n) is 6.53. The maximum absolute atomic E-state index is 12.6. The summed E-state index contributed by atoms with van der Waals surface area (Å²) in [6.45, 7) is 0.451. The molecule has 0 spiro atoms. The molecule has 140 valence electrons. The first-order chi connectivity index (χ1) is 13.1. The van der Waals surface area contributed by atoms with Gasteiger partial charge >= 0.3 is 0 Å². The second-order valence-corrected chi connectivity index (χ2v) is 6.53. The molecule has 1 saturated heterocycles. The summed E-state index contributed by atoms with van der Waals surface area (Å²) in [7, 11) is 0. The van der Waals surface area contributed by atoms with Gasteiger partial charge in [0.15, 0.2) is 0 Å². The fraction of sp³-hybridized carbons (Fsp3) is 0.353. The molecule has 1 aliphatic rings. The molecule has 3 aromatic rings. The number of aliphatic hydroxyl groups excluding tert-OH is 1. The highest BCUT2D eigenvalue weighted by atomic mass is 16.3. The molecule has 0 radical (unpaired) electrons. The zero-order chi connectivity index (χ0) is 18.8. The second kappa shape index (κ2) is 7.16. The maximum Gasteiger partial charge on any atom is 0.228 e. The van der Waals surface area contributed by atoms with E-state index in [4.69, 9.17) is 0 Å². The zero-order valence-electron chi connectivity index (χ0n) is 14.4. The van der Waals surface area contributed by atoms with Crippen molar-refractivity contribution in [3.8, 4) is 0 Å². The number of aromatic nitrogens is 5. The number of hydrogen-bond donors (Lipinski definition) is 3. The zero-order valence-corrected chi connectivity index (χ0v) is 14.4. The van der Waals surface area contributed by atoms with E-state index in [9.17, 15) is 14.7 Å². The lowest BCUT2D eigenvalue weighted by atomic mass is 10.2. The van der Waals surface area contributed by atoms with Gasteiger partial charge in [0.1, 0.15) is 12.2 Å². The number of aliphatic hydroxyl groups is 1. The molecule has 1 fully saturated rings. The highest BCUT2D eigenvalue weighted by Crippen LogP contribution is 2.16. The van der Waals surface area contributed by atoms with Crippen molar-refractivity contribution in [1.29, 1.82) is 0 Å². The first-order valence-electron chi connectivity index (χ1n) is 8.61. The van der Waals surface area contributed by atoms with Gasteiger partial charge in [-0.15, -0.1) is 0 Å². The summed E-state index contributed by atoms with van der Waals surface area (Å²) in [4.78, 5) is 30.2. The van der Waals surface area contributed by atoms with Gasteiger partial charge in [0.2, 0.25) is 11.8 Å². The minimum atomic E-state index is -0.809. The average molecular weight is 369 g/mol. The van der Waals surface area contributed by atoms with Crippen LogP contribution in [-0.4, -0.2) is 71.9 Å². The van der Waals surface area contributed by atoms with E-state index in [0.717, 1.165) is 11.1 Å². The minimum Gasteiger partial charge on any atom is -0.389 e. The van der Waals surface area contributed by atoms with Crippen LogP contribution in [0.3, 0.4) is 0 Å². The highest BCUT2D eigenvalue weighted by molar-refractivity contribution is 5.82. The number of likely N-dealkylation sites (tertiary alicyclic amines) is 1. The van der Waals surface area contributed by atoms with E-state index in [1.807, 2.05) is 24.4 Å². The topological polar surface area (TPSA) is 129 Å². The van der Waals surface area contributed by atoms with Crippen LogP contribution in [0.15, 0.2) is 36.9 Å². The van der Waals surface area contributed by atoms with Crippen molar-refractivity contribution >= 4 is 17.3 Å². The summed E-state index contributed by atoms with van der Waals surface area (Å²) >= 11 is 0. The fourth-order valence-corrected chi connectivity index (χ4v) is 3.26. The monoisotopic (exact) mass is 369 g/mol. The number of fused-ring (bicyclic) bond motifs is 1. The third-order valence-electron chi connectivity index (χ3n) is 4.63. The standard InChI is InChI=1S/C17H19N7O3/c25-14-9-23(8-12(14)21-16(26)6-15-18-10-19-22-15)17(27)5-11-7-20-24-4-2-1-3-13(11)24/h1-4,7,10,12,14,25H,5-6,8-9H2,(H,21,26)(H,18,19,22)/t12-,14-/m1/s1. The molecule has 3 N–H and O–H groups in total. The van der Waals surface area contributed by atoms with E-state index in [1.165, 1.54) is 6.33 Å². The van der Waals surface area contributed by atoms with Crippen LogP contribution in [0.1, 0.15) is 11.4 Å². The lowest BCUT2D eigenvalue weighted by Crippen LogP contribution is -2.43. The van der Waals surface area contributed by atoms with Crippen molar-refractivity contribution in [3.05, 3.63) is 48.3 Å². The number of pyridine rings is 1. The summed E-state index contributed by atoms with van der Waals surface area (Å²) in [5, 5.41) is 23.5. The Balaban J connectivity index is 1.36. The quantitative estimate of drug-likeness (QED) is 0.525. The van der Waals surface area contributed by atoms with Gasteiger partial charge in [0.05, 0.1) is 36.7 Å². The molecule has 4 heterocycles. The summed E-state index contributed by atoms with van der Waals surface area (Å²) in [5.41, 5.74) is 1.70.